The molecular formula is C16H30BNO4. The molecule has 6 heteroatoms. The average molecular weight is 311 g/mol. The Hall–Kier alpha value is -0.745. The first kappa shape index (κ1) is 17.6. The van der Waals surface area contributed by atoms with Gasteiger partial charge in [0, 0.05) is 11.9 Å². The number of rotatable bonds is 3. The van der Waals surface area contributed by atoms with Crippen molar-refractivity contribution in [2.75, 3.05) is 6.54 Å². The van der Waals surface area contributed by atoms with Gasteiger partial charge in [-0.1, -0.05) is 6.42 Å². The first-order valence-corrected chi connectivity index (χ1v) is 8.19. The normalized spacial score (nSPS) is 25.5. The highest BCUT2D eigenvalue weighted by molar-refractivity contribution is 6.50. The summed E-state index contributed by atoms with van der Waals surface area (Å²) in [4.78, 5) is 11.9. The first-order chi connectivity index (χ1) is 9.87. The zero-order valence-corrected chi connectivity index (χ0v) is 15.0. The number of ether oxygens (including phenoxy) is 1. The van der Waals surface area contributed by atoms with E-state index < -0.39 is 5.60 Å². The maximum atomic E-state index is 11.9. The minimum atomic E-state index is -0.485. The minimum Gasteiger partial charge on any atom is -0.444 e. The monoisotopic (exact) mass is 311 g/mol. The van der Waals surface area contributed by atoms with Gasteiger partial charge in [0.25, 0.3) is 0 Å². The molecule has 1 saturated carbocycles. The molecule has 22 heavy (non-hydrogen) atoms. The lowest BCUT2D eigenvalue weighted by Crippen LogP contribution is -2.49. The van der Waals surface area contributed by atoms with Crippen molar-refractivity contribution in [1.29, 1.82) is 0 Å². The highest BCUT2D eigenvalue weighted by Gasteiger charge is 2.61. The van der Waals surface area contributed by atoms with Crippen LogP contribution in [0.3, 0.4) is 0 Å². The molecule has 126 valence electrons. The zero-order chi connectivity index (χ0) is 16.8. The van der Waals surface area contributed by atoms with Gasteiger partial charge in [0.1, 0.15) is 5.60 Å². The van der Waals surface area contributed by atoms with E-state index in [0.717, 1.165) is 19.3 Å². The first-order valence-electron chi connectivity index (χ1n) is 8.19. The highest BCUT2D eigenvalue weighted by Crippen LogP contribution is 2.55. The summed E-state index contributed by atoms with van der Waals surface area (Å²) in [5, 5.41) is 2.76. The van der Waals surface area contributed by atoms with Gasteiger partial charge in [0.15, 0.2) is 0 Å². The molecule has 1 amide bonds. The average Bonchev–Trinajstić information content (AvgIpc) is 2.43. The molecule has 2 rings (SSSR count). The Kier molecular flexibility index (Phi) is 4.33. The van der Waals surface area contributed by atoms with E-state index >= 15 is 0 Å². The predicted octanol–water partition coefficient (Wildman–Crippen LogP) is 3.53. The molecule has 0 aromatic heterocycles. The van der Waals surface area contributed by atoms with Crippen LogP contribution in [0.5, 0.6) is 0 Å². The number of alkyl carbamates (subject to hydrolysis) is 1. The van der Waals surface area contributed by atoms with Crippen molar-refractivity contribution >= 4 is 13.2 Å². The molecule has 0 unspecified atom stereocenters. The van der Waals surface area contributed by atoms with Crippen LogP contribution in [0, 0.1) is 0 Å². The van der Waals surface area contributed by atoms with E-state index in [-0.39, 0.29) is 29.7 Å². The Bertz CT molecular complexity index is 422. The van der Waals surface area contributed by atoms with Gasteiger partial charge < -0.3 is 19.4 Å². The van der Waals surface area contributed by atoms with Crippen LogP contribution >= 0.6 is 0 Å². The van der Waals surface area contributed by atoms with Crippen molar-refractivity contribution in [3.8, 4) is 0 Å². The molecule has 0 bridgehead atoms. The molecule has 0 aromatic rings. The van der Waals surface area contributed by atoms with Crippen LogP contribution in [0.15, 0.2) is 0 Å². The van der Waals surface area contributed by atoms with Crippen molar-refractivity contribution in [3.05, 3.63) is 0 Å². The molecule has 2 aliphatic rings. The summed E-state index contributed by atoms with van der Waals surface area (Å²) in [5.41, 5.74) is -1.17. The van der Waals surface area contributed by atoms with Crippen LogP contribution in [0.1, 0.15) is 67.7 Å². The van der Waals surface area contributed by atoms with Gasteiger partial charge in [-0.2, -0.15) is 0 Å². The number of hydrogen-bond acceptors (Lipinski definition) is 4. The Morgan fingerprint density at radius 1 is 1.14 bits per heavy atom. The molecule has 1 aliphatic heterocycles. The summed E-state index contributed by atoms with van der Waals surface area (Å²) in [7, 11) is -0.277. The highest BCUT2D eigenvalue weighted by atomic mass is 16.7. The lowest BCUT2D eigenvalue weighted by Gasteiger charge is -2.43. The smallest absolute Gasteiger partial charge is 0.444 e. The van der Waals surface area contributed by atoms with Gasteiger partial charge in [-0.25, -0.2) is 4.79 Å². The summed E-state index contributed by atoms with van der Waals surface area (Å²) in [6.45, 7) is 14.3. The van der Waals surface area contributed by atoms with Crippen LogP contribution in [0.4, 0.5) is 4.79 Å². The van der Waals surface area contributed by atoms with Crippen molar-refractivity contribution in [2.24, 2.45) is 0 Å². The van der Waals surface area contributed by atoms with Gasteiger partial charge >= 0.3 is 13.2 Å². The number of carbonyl (C=O) groups excluding carboxylic acids is 1. The standard InChI is InChI=1S/C16H30BNO4/c1-13(2,3)20-12(19)18-11-16(9-8-10-16)17-21-14(4,5)15(6,7)22-17/h8-11H2,1-7H3,(H,18,19). The molecule has 1 N–H and O–H groups in total. The molecule has 0 atom stereocenters. The van der Waals surface area contributed by atoms with E-state index in [4.69, 9.17) is 14.0 Å². The summed E-state index contributed by atoms with van der Waals surface area (Å²) in [5.74, 6) is 0. The molecule has 1 aliphatic carbocycles. The van der Waals surface area contributed by atoms with E-state index in [1.807, 2.05) is 20.8 Å². The second-order valence-electron chi connectivity index (χ2n) is 8.66. The van der Waals surface area contributed by atoms with Crippen LogP contribution in [0.25, 0.3) is 0 Å². The van der Waals surface area contributed by atoms with Crippen molar-refractivity contribution in [3.63, 3.8) is 0 Å². The molecule has 0 radical (unpaired) electrons. The fourth-order valence-electron chi connectivity index (χ4n) is 2.78. The third kappa shape index (κ3) is 3.43. The number of hydrogen-bond donors (Lipinski definition) is 1. The quantitative estimate of drug-likeness (QED) is 0.810. The maximum Gasteiger partial charge on any atom is 0.466 e. The Morgan fingerprint density at radius 2 is 1.64 bits per heavy atom. The Balaban J connectivity index is 1.98. The summed E-state index contributed by atoms with van der Waals surface area (Å²) in [6.07, 6.45) is 2.76. The third-order valence-electron chi connectivity index (χ3n) is 5.09. The van der Waals surface area contributed by atoms with Crippen LogP contribution in [0.2, 0.25) is 5.31 Å². The molecule has 0 aromatic carbocycles. The van der Waals surface area contributed by atoms with Gasteiger partial charge in [-0.05, 0) is 61.3 Å². The van der Waals surface area contributed by atoms with Crippen LogP contribution in [-0.2, 0) is 14.0 Å². The van der Waals surface area contributed by atoms with Gasteiger partial charge in [0.05, 0.1) is 11.2 Å². The molecule has 1 heterocycles. The predicted molar refractivity (Wildman–Crippen MR) is 86.9 cm³/mol. The SMILES string of the molecule is CC(C)(C)OC(=O)NCC1(B2OC(C)(C)C(C)(C)O2)CCC1. The topological polar surface area (TPSA) is 56.8 Å². The molecule has 0 spiro atoms. The maximum absolute atomic E-state index is 11.9. The van der Waals surface area contributed by atoms with E-state index in [1.54, 1.807) is 0 Å². The molecule has 5 nitrogen and oxygen atoms in total. The lowest BCUT2D eigenvalue weighted by atomic mass is 9.47. The van der Waals surface area contributed by atoms with E-state index in [0.29, 0.717) is 6.54 Å². The Labute approximate surface area is 134 Å². The zero-order valence-electron chi connectivity index (χ0n) is 15.0. The van der Waals surface area contributed by atoms with Crippen molar-refractivity contribution in [1.82, 2.24) is 5.32 Å². The second-order valence-corrected chi connectivity index (χ2v) is 8.66. The van der Waals surface area contributed by atoms with E-state index in [2.05, 4.69) is 33.0 Å². The summed E-state index contributed by atoms with van der Waals surface area (Å²) in [6, 6.07) is 0. The molecule has 2 fully saturated rings. The van der Waals surface area contributed by atoms with Gasteiger partial charge in [-0.3, -0.25) is 0 Å². The number of carbonyl (C=O) groups is 1. The minimum absolute atomic E-state index is 0.137. The fourth-order valence-corrected chi connectivity index (χ4v) is 2.78. The van der Waals surface area contributed by atoms with Crippen molar-refractivity contribution < 1.29 is 18.8 Å². The van der Waals surface area contributed by atoms with Crippen LogP contribution in [-0.4, -0.2) is 36.6 Å². The molecular weight excluding hydrogens is 281 g/mol. The van der Waals surface area contributed by atoms with Gasteiger partial charge in [-0.15, -0.1) is 0 Å². The largest absolute Gasteiger partial charge is 0.466 e. The van der Waals surface area contributed by atoms with Gasteiger partial charge in [0.2, 0.25) is 0 Å². The fraction of sp³-hybridized carbons (Fsp3) is 0.938. The molecule has 1 saturated heterocycles. The Morgan fingerprint density at radius 3 is 2.00 bits per heavy atom. The second kappa shape index (κ2) is 5.41. The van der Waals surface area contributed by atoms with E-state index in [9.17, 15) is 4.79 Å². The third-order valence-corrected chi connectivity index (χ3v) is 5.09. The van der Waals surface area contributed by atoms with E-state index in [1.165, 1.54) is 0 Å². The number of amides is 1. The van der Waals surface area contributed by atoms with Crippen molar-refractivity contribution in [2.45, 2.75) is 89.8 Å². The summed E-state index contributed by atoms with van der Waals surface area (Å²) >= 11 is 0. The number of nitrogens with one attached hydrogen (secondary N) is 1. The lowest BCUT2D eigenvalue weighted by molar-refractivity contribution is 0.00578. The summed E-state index contributed by atoms with van der Waals surface area (Å²) < 4.78 is 17.7. The van der Waals surface area contributed by atoms with Crippen LogP contribution < -0.4 is 5.32 Å².